The molecule has 0 spiro atoms. The molecule has 0 bridgehead atoms. The largest absolute Gasteiger partial charge is 0.454 e. The van der Waals surface area contributed by atoms with Gasteiger partial charge in [0.15, 0.2) is 5.69 Å². The summed E-state index contributed by atoms with van der Waals surface area (Å²) in [5, 5.41) is 0.610. The number of nitrogens with zero attached hydrogens (tertiary/aromatic N) is 4. The maximum absolute atomic E-state index is 11.8. The van der Waals surface area contributed by atoms with Crippen molar-refractivity contribution in [3.8, 4) is 0 Å². The molecule has 106 valence electrons. The number of hydrogen-bond acceptors (Lipinski definition) is 5. The monoisotopic (exact) mass is 302 g/mol. The van der Waals surface area contributed by atoms with E-state index in [0.29, 0.717) is 10.7 Å². The number of rotatable bonds is 3. The van der Waals surface area contributed by atoms with Gasteiger partial charge in [0.05, 0.1) is 22.6 Å². The Hall–Kier alpha value is -2.47. The van der Waals surface area contributed by atoms with E-state index in [1.54, 1.807) is 35.9 Å². The van der Waals surface area contributed by atoms with E-state index < -0.39 is 5.97 Å². The molecule has 0 N–H and O–H groups in total. The van der Waals surface area contributed by atoms with Crippen LogP contribution in [0.4, 0.5) is 0 Å². The zero-order valence-electron chi connectivity index (χ0n) is 11.2. The lowest BCUT2D eigenvalue weighted by molar-refractivity contribution is 0.0460. The molecular weight excluding hydrogens is 292 g/mol. The number of hydrogen-bond donors (Lipinski definition) is 0. The number of halogens is 1. The summed E-state index contributed by atoms with van der Waals surface area (Å²) in [6.07, 6.45) is 6.40. The number of aromatic nitrogens is 4. The van der Waals surface area contributed by atoms with Gasteiger partial charge in [0.1, 0.15) is 12.3 Å². The predicted octanol–water partition coefficient (Wildman–Crippen LogP) is 2.44. The zero-order chi connectivity index (χ0) is 14.8. The minimum atomic E-state index is -0.530. The van der Waals surface area contributed by atoms with E-state index in [2.05, 4.69) is 15.0 Å². The number of fused-ring (bicyclic) bond motifs is 1. The van der Waals surface area contributed by atoms with Crippen LogP contribution in [0.2, 0.25) is 5.02 Å². The van der Waals surface area contributed by atoms with E-state index in [-0.39, 0.29) is 12.3 Å². The Morgan fingerprint density at radius 3 is 2.90 bits per heavy atom. The minimum Gasteiger partial charge on any atom is -0.454 e. The van der Waals surface area contributed by atoms with E-state index in [4.69, 9.17) is 16.3 Å². The Bertz CT molecular complexity index is 798. The highest BCUT2D eigenvalue weighted by Gasteiger charge is 2.11. The van der Waals surface area contributed by atoms with Gasteiger partial charge in [-0.3, -0.25) is 4.98 Å². The van der Waals surface area contributed by atoms with E-state index in [9.17, 15) is 4.79 Å². The molecule has 6 nitrogen and oxygen atoms in total. The SMILES string of the molecule is Cc1cnc(C(=O)OCc2cn3cc(Cl)ccc3n2)cn1. The van der Waals surface area contributed by atoms with Crippen molar-refractivity contribution in [2.45, 2.75) is 13.5 Å². The molecular formula is C14H11ClN4O2. The zero-order valence-corrected chi connectivity index (χ0v) is 11.9. The van der Waals surface area contributed by atoms with E-state index in [0.717, 1.165) is 11.3 Å². The van der Waals surface area contributed by atoms with Crippen LogP contribution < -0.4 is 0 Å². The third-order valence-corrected chi connectivity index (χ3v) is 3.03. The second-order valence-electron chi connectivity index (χ2n) is 4.46. The molecule has 0 aromatic carbocycles. The molecule has 0 unspecified atom stereocenters. The Labute approximate surface area is 125 Å². The first-order chi connectivity index (χ1) is 10.1. The van der Waals surface area contributed by atoms with Crippen molar-refractivity contribution in [3.05, 3.63) is 59.0 Å². The first-order valence-corrected chi connectivity index (χ1v) is 6.58. The van der Waals surface area contributed by atoms with Crippen molar-refractivity contribution >= 4 is 23.2 Å². The fraction of sp³-hybridized carbons (Fsp3) is 0.143. The molecule has 3 rings (SSSR count). The number of ether oxygens (including phenoxy) is 1. The molecule has 0 atom stereocenters. The lowest BCUT2D eigenvalue weighted by atomic mass is 10.4. The number of esters is 1. The highest BCUT2D eigenvalue weighted by atomic mass is 35.5. The number of aryl methyl sites for hydroxylation is 1. The van der Waals surface area contributed by atoms with Gasteiger partial charge in [-0.1, -0.05) is 11.6 Å². The van der Waals surface area contributed by atoms with Gasteiger partial charge in [-0.25, -0.2) is 14.8 Å². The molecule has 21 heavy (non-hydrogen) atoms. The van der Waals surface area contributed by atoms with Crippen molar-refractivity contribution in [2.24, 2.45) is 0 Å². The Balaban J connectivity index is 1.71. The lowest BCUT2D eigenvalue weighted by Gasteiger charge is -2.01. The quantitative estimate of drug-likeness (QED) is 0.695. The van der Waals surface area contributed by atoms with Gasteiger partial charge >= 0.3 is 5.97 Å². The Morgan fingerprint density at radius 2 is 2.14 bits per heavy atom. The van der Waals surface area contributed by atoms with Crippen LogP contribution in [0.1, 0.15) is 21.9 Å². The first-order valence-electron chi connectivity index (χ1n) is 6.21. The van der Waals surface area contributed by atoms with Crippen LogP contribution >= 0.6 is 11.6 Å². The van der Waals surface area contributed by atoms with Crippen LogP contribution in [0.3, 0.4) is 0 Å². The maximum Gasteiger partial charge on any atom is 0.358 e. The number of pyridine rings is 1. The molecule has 0 amide bonds. The number of imidazole rings is 1. The standard InChI is InChI=1S/C14H11ClN4O2/c1-9-4-17-12(5-16-9)14(20)21-8-11-7-19-6-10(15)2-3-13(19)18-11/h2-7H,8H2,1H3. The van der Waals surface area contributed by atoms with Crippen LogP contribution in [-0.4, -0.2) is 25.3 Å². The van der Waals surface area contributed by atoms with Crippen molar-refractivity contribution in [2.75, 3.05) is 0 Å². The molecule has 3 aromatic rings. The van der Waals surface area contributed by atoms with Gasteiger partial charge in [0, 0.05) is 18.6 Å². The van der Waals surface area contributed by atoms with Gasteiger partial charge in [0.2, 0.25) is 0 Å². The molecule has 7 heteroatoms. The number of carbonyl (C=O) groups excluding carboxylic acids is 1. The van der Waals surface area contributed by atoms with Gasteiger partial charge in [-0.15, -0.1) is 0 Å². The third-order valence-electron chi connectivity index (χ3n) is 2.81. The molecule has 0 saturated heterocycles. The highest BCUT2D eigenvalue weighted by molar-refractivity contribution is 6.30. The number of carbonyl (C=O) groups is 1. The summed E-state index contributed by atoms with van der Waals surface area (Å²) in [5.74, 6) is -0.530. The van der Waals surface area contributed by atoms with Crippen molar-refractivity contribution in [1.29, 1.82) is 0 Å². The minimum absolute atomic E-state index is 0.0632. The van der Waals surface area contributed by atoms with Gasteiger partial charge < -0.3 is 9.14 Å². The van der Waals surface area contributed by atoms with Crippen LogP contribution in [0.5, 0.6) is 0 Å². The second kappa shape index (κ2) is 5.49. The average Bonchev–Trinajstić information content (AvgIpc) is 2.87. The van der Waals surface area contributed by atoms with Gasteiger partial charge in [0.25, 0.3) is 0 Å². The maximum atomic E-state index is 11.8. The molecule has 0 aliphatic rings. The average molecular weight is 303 g/mol. The summed E-state index contributed by atoms with van der Waals surface area (Å²) in [7, 11) is 0. The van der Waals surface area contributed by atoms with Gasteiger partial charge in [-0.2, -0.15) is 0 Å². The summed E-state index contributed by atoms with van der Waals surface area (Å²) < 4.78 is 6.94. The lowest BCUT2D eigenvalue weighted by Crippen LogP contribution is -2.08. The Morgan fingerprint density at radius 1 is 1.29 bits per heavy atom. The molecule has 0 radical (unpaired) electrons. The van der Waals surface area contributed by atoms with E-state index in [1.165, 1.54) is 12.4 Å². The summed E-state index contributed by atoms with van der Waals surface area (Å²) in [5.41, 5.74) is 2.28. The third kappa shape index (κ3) is 3.00. The topological polar surface area (TPSA) is 69.4 Å². The molecule has 0 aliphatic heterocycles. The summed E-state index contributed by atoms with van der Waals surface area (Å²) >= 11 is 5.90. The first kappa shape index (κ1) is 13.5. The van der Waals surface area contributed by atoms with Crippen LogP contribution in [0.15, 0.2) is 36.9 Å². The van der Waals surface area contributed by atoms with Crippen molar-refractivity contribution < 1.29 is 9.53 Å². The van der Waals surface area contributed by atoms with Crippen molar-refractivity contribution in [1.82, 2.24) is 19.4 Å². The molecule has 3 heterocycles. The van der Waals surface area contributed by atoms with Crippen molar-refractivity contribution in [3.63, 3.8) is 0 Å². The predicted molar refractivity (Wildman–Crippen MR) is 76.1 cm³/mol. The highest BCUT2D eigenvalue weighted by Crippen LogP contribution is 2.12. The fourth-order valence-corrected chi connectivity index (χ4v) is 1.97. The Kier molecular flexibility index (Phi) is 3.53. The second-order valence-corrected chi connectivity index (χ2v) is 4.90. The van der Waals surface area contributed by atoms with Crippen LogP contribution in [-0.2, 0) is 11.3 Å². The molecule has 0 aliphatic carbocycles. The van der Waals surface area contributed by atoms with E-state index in [1.807, 2.05) is 0 Å². The summed E-state index contributed by atoms with van der Waals surface area (Å²) in [6, 6.07) is 3.54. The normalized spacial score (nSPS) is 10.8. The fourth-order valence-electron chi connectivity index (χ4n) is 1.80. The molecule has 3 aromatic heterocycles. The smallest absolute Gasteiger partial charge is 0.358 e. The van der Waals surface area contributed by atoms with Gasteiger partial charge in [-0.05, 0) is 19.1 Å². The van der Waals surface area contributed by atoms with Crippen LogP contribution in [0.25, 0.3) is 5.65 Å². The summed E-state index contributed by atoms with van der Waals surface area (Å²) in [6.45, 7) is 1.86. The molecule has 0 saturated carbocycles. The summed E-state index contributed by atoms with van der Waals surface area (Å²) in [4.78, 5) is 24.1. The van der Waals surface area contributed by atoms with E-state index >= 15 is 0 Å². The molecule has 0 fully saturated rings. The van der Waals surface area contributed by atoms with Crippen LogP contribution in [0, 0.1) is 6.92 Å².